The van der Waals surface area contributed by atoms with E-state index < -0.39 is 0 Å². The number of nitrogens with zero attached hydrogens (tertiary/aromatic N) is 3. The lowest BCUT2D eigenvalue weighted by molar-refractivity contribution is -0.113. The van der Waals surface area contributed by atoms with Gasteiger partial charge in [-0.2, -0.15) is 0 Å². The number of hydrogen-bond donors (Lipinski definition) is 1. The summed E-state index contributed by atoms with van der Waals surface area (Å²) in [6, 6.07) is 11.0. The van der Waals surface area contributed by atoms with Crippen LogP contribution in [0, 0.1) is 0 Å². The number of thiazole rings is 1. The number of amides is 1. The van der Waals surface area contributed by atoms with Crippen molar-refractivity contribution in [2.75, 3.05) is 11.1 Å². The van der Waals surface area contributed by atoms with Gasteiger partial charge in [-0.1, -0.05) is 70.0 Å². The van der Waals surface area contributed by atoms with Gasteiger partial charge >= 0.3 is 0 Å². The van der Waals surface area contributed by atoms with Crippen molar-refractivity contribution in [2.24, 2.45) is 0 Å². The Labute approximate surface area is 171 Å². The Hall–Kier alpha value is -1.51. The Bertz CT molecular complexity index is 1140. The number of rotatable bonds is 4. The van der Waals surface area contributed by atoms with Crippen LogP contribution in [0.3, 0.4) is 0 Å². The lowest BCUT2D eigenvalue weighted by Gasteiger charge is -2.08. The number of carbonyl (C=O) groups is 1. The maximum absolute atomic E-state index is 12.3. The molecule has 2 aromatic heterocycles. The monoisotopic (exact) mass is 442 g/mol. The molecule has 0 spiro atoms. The molecule has 4 rings (SSSR count). The molecule has 0 saturated heterocycles. The predicted molar refractivity (Wildman–Crippen MR) is 109 cm³/mol. The SMILES string of the molecule is O=C(CSc1nnc2sc3ccccc3n12)Nc1cc(Cl)c(Cl)cc1Cl. The highest BCUT2D eigenvalue weighted by Crippen LogP contribution is 2.33. The summed E-state index contributed by atoms with van der Waals surface area (Å²) >= 11 is 20.8. The summed E-state index contributed by atoms with van der Waals surface area (Å²) in [5.41, 5.74) is 1.44. The first-order valence-electron chi connectivity index (χ1n) is 7.33. The van der Waals surface area contributed by atoms with Gasteiger partial charge in [0.2, 0.25) is 10.9 Å². The molecule has 0 fully saturated rings. The zero-order chi connectivity index (χ0) is 18.3. The highest BCUT2D eigenvalue weighted by atomic mass is 35.5. The Balaban J connectivity index is 1.51. The first kappa shape index (κ1) is 17.9. The first-order valence-corrected chi connectivity index (χ1v) is 10.3. The van der Waals surface area contributed by atoms with Crippen LogP contribution in [0.2, 0.25) is 15.1 Å². The lowest BCUT2D eigenvalue weighted by atomic mass is 10.3. The molecule has 1 amide bonds. The van der Waals surface area contributed by atoms with E-state index in [0.717, 1.165) is 15.2 Å². The quantitative estimate of drug-likeness (QED) is 0.328. The van der Waals surface area contributed by atoms with E-state index in [2.05, 4.69) is 15.5 Å². The van der Waals surface area contributed by atoms with Crippen molar-refractivity contribution in [1.82, 2.24) is 14.6 Å². The maximum atomic E-state index is 12.3. The van der Waals surface area contributed by atoms with Crippen LogP contribution in [0.1, 0.15) is 0 Å². The molecule has 0 saturated carbocycles. The zero-order valence-corrected chi connectivity index (χ0v) is 16.8. The van der Waals surface area contributed by atoms with E-state index in [1.54, 1.807) is 11.3 Å². The molecule has 2 heterocycles. The van der Waals surface area contributed by atoms with E-state index >= 15 is 0 Å². The number of benzene rings is 2. The molecule has 0 unspecified atom stereocenters. The van der Waals surface area contributed by atoms with E-state index in [1.807, 2.05) is 28.7 Å². The van der Waals surface area contributed by atoms with E-state index in [4.69, 9.17) is 34.8 Å². The van der Waals surface area contributed by atoms with Crippen molar-refractivity contribution in [3.8, 4) is 0 Å². The molecule has 0 bridgehead atoms. The third-order valence-electron chi connectivity index (χ3n) is 3.53. The standard InChI is InChI=1S/C16H9Cl3N4OS2/c17-8-5-10(19)11(6-9(8)18)20-14(24)7-25-15-21-22-16-23(15)12-3-1-2-4-13(12)26-16/h1-6H,7H2,(H,20,24). The molecular weight excluding hydrogens is 435 g/mol. The van der Waals surface area contributed by atoms with E-state index in [0.29, 0.717) is 25.9 Å². The Morgan fingerprint density at radius 2 is 1.88 bits per heavy atom. The Kier molecular flexibility index (Phi) is 4.98. The van der Waals surface area contributed by atoms with Crippen molar-refractivity contribution >= 4 is 84.7 Å². The topological polar surface area (TPSA) is 59.3 Å². The van der Waals surface area contributed by atoms with Gasteiger partial charge in [-0.3, -0.25) is 9.20 Å². The summed E-state index contributed by atoms with van der Waals surface area (Å²) in [7, 11) is 0. The van der Waals surface area contributed by atoms with Crippen molar-refractivity contribution in [3.05, 3.63) is 51.5 Å². The largest absolute Gasteiger partial charge is 0.324 e. The molecule has 26 heavy (non-hydrogen) atoms. The molecule has 0 aliphatic rings. The third-order valence-corrected chi connectivity index (χ3v) is 6.50. The van der Waals surface area contributed by atoms with Crippen molar-refractivity contribution in [2.45, 2.75) is 5.16 Å². The molecular formula is C16H9Cl3N4OS2. The summed E-state index contributed by atoms with van der Waals surface area (Å²) in [4.78, 5) is 13.1. The number of hydrogen-bond acceptors (Lipinski definition) is 5. The van der Waals surface area contributed by atoms with E-state index in [-0.39, 0.29) is 11.7 Å². The number of fused-ring (bicyclic) bond motifs is 3. The van der Waals surface area contributed by atoms with Crippen molar-refractivity contribution < 1.29 is 4.79 Å². The third kappa shape index (κ3) is 3.37. The normalized spacial score (nSPS) is 11.3. The second-order valence-electron chi connectivity index (χ2n) is 5.25. The number of para-hydroxylation sites is 1. The van der Waals surface area contributed by atoms with Gasteiger partial charge in [-0.05, 0) is 24.3 Å². The smallest absolute Gasteiger partial charge is 0.234 e. The van der Waals surface area contributed by atoms with Crippen LogP contribution >= 0.6 is 57.9 Å². The minimum Gasteiger partial charge on any atom is -0.324 e. The van der Waals surface area contributed by atoms with Crippen LogP contribution < -0.4 is 5.32 Å². The lowest BCUT2D eigenvalue weighted by Crippen LogP contribution is -2.14. The fourth-order valence-corrected chi connectivity index (χ4v) is 4.75. The van der Waals surface area contributed by atoms with E-state index in [9.17, 15) is 4.79 Å². The molecule has 132 valence electrons. The van der Waals surface area contributed by atoms with Gasteiger partial charge in [0.05, 0.1) is 36.7 Å². The highest BCUT2D eigenvalue weighted by molar-refractivity contribution is 7.99. The average Bonchev–Trinajstić information content (AvgIpc) is 3.17. The van der Waals surface area contributed by atoms with E-state index in [1.165, 1.54) is 23.9 Å². The number of thioether (sulfide) groups is 1. The number of anilines is 1. The molecule has 4 aromatic rings. The minimum atomic E-state index is -0.230. The van der Waals surface area contributed by atoms with Gasteiger partial charge in [-0.25, -0.2) is 0 Å². The van der Waals surface area contributed by atoms with Gasteiger partial charge in [0, 0.05) is 0 Å². The molecule has 10 heteroatoms. The summed E-state index contributed by atoms with van der Waals surface area (Å²) in [6.45, 7) is 0. The van der Waals surface area contributed by atoms with Gasteiger partial charge in [0.1, 0.15) is 0 Å². The van der Waals surface area contributed by atoms with Crippen molar-refractivity contribution in [1.29, 1.82) is 0 Å². The van der Waals surface area contributed by atoms with Crippen LogP contribution in [0.15, 0.2) is 41.6 Å². The Morgan fingerprint density at radius 3 is 2.73 bits per heavy atom. The fraction of sp³-hybridized carbons (Fsp3) is 0.0625. The number of carbonyl (C=O) groups excluding carboxylic acids is 1. The van der Waals surface area contributed by atoms with Gasteiger partial charge in [0.15, 0.2) is 5.16 Å². The highest BCUT2D eigenvalue weighted by Gasteiger charge is 2.15. The van der Waals surface area contributed by atoms with Crippen molar-refractivity contribution in [3.63, 3.8) is 0 Å². The summed E-state index contributed by atoms with van der Waals surface area (Å²) < 4.78 is 3.07. The van der Waals surface area contributed by atoms with Crippen LogP contribution in [0.4, 0.5) is 5.69 Å². The van der Waals surface area contributed by atoms with Gasteiger partial charge in [-0.15, -0.1) is 10.2 Å². The van der Waals surface area contributed by atoms with Crippen LogP contribution in [-0.4, -0.2) is 26.3 Å². The van der Waals surface area contributed by atoms with Gasteiger partial charge < -0.3 is 5.32 Å². The first-order chi connectivity index (χ1) is 12.5. The molecule has 5 nitrogen and oxygen atoms in total. The predicted octanol–water partition coefficient (Wildman–Crippen LogP) is 5.64. The summed E-state index contributed by atoms with van der Waals surface area (Å²) in [5, 5.41) is 12.7. The summed E-state index contributed by atoms with van der Waals surface area (Å²) in [6.07, 6.45) is 0. The molecule has 0 radical (unpaired) electrons. The van der Waals surface area contributed by atoms with Crippen LogP contribution in [0.5, 0.6) is 0 Å². The second kappa shape index (κ2) is 7.25. The van der Waals surface area contributed by atoms with Crippen LogP contribution in [-0.2, 0) is 4.79 Å². The molecule has 0 aliphatic carbocycles. The molecule has 0 atom stereocenters. The average molecular weight is 444 g/mol. The second-order valence-corrected chi connectivity index (χ2v) is 8.43. The van der Waals surface area contributed by atoms with Crippen LogP contribution in [0.25, 0.3) is 15.2 Å². The fourth-order valence-electron chi connectivity index (χ4n) is 2.38. The molecule has 1 N–H and O–H groups in total. The minimum absolute atomic E-state index is 0.154. The molecule has 0 aliphatic heterocycles. The van der Waals surface area contributed by atoms with Gasteiger partial charge in [0.25, 0.3) is 0 Å². The Morgan fingerprint density at radius 1 is 1.12 bits per heavy atom. The summed E-state index contributed by atoms with van der Waals surface area (Å²) in [5.74, 6) is -0.0757. The number of nitrogens with one attached hydrogen (secondary N) is 1. The number of aromatic nitrogens is 3. The number of halogens is 3. The molecule has 2 aromatic carbocycles. The maximum Gasteiger partial charge on any atom is 0.234 e. The zero-order valence-electron chi connectivity index (χ0n) is 12.9.